The molecule has 0 bridgehead atoms. The highest BCUT2D eigenvalue weighted by molar-refractivity contribution is 7.20. The monoisotopic (exact) mass is 512 g/mol. The van der Waals surface area contributed by atoms with E-state index in [2.05, 4.69) is 14.7 Å². The number of rotatable bonds is 5. The van der Waals surface area contributed by atoms with E-state index in [1.807, 2.05) is 35.0 Å². The number of piperidine rings is 2. The van der Waals surface area contributed by atoms with Crippen molar-refractivity contribution in [2.24, 2.45) is 5.92 Å². The molecule has 0 saturated carbocycles. The average Bonchev–Trinajstić information content (AvgIpc) is 3.62. The third kappa shape index (κ3) is 4.93. The molecule has 0 aliphatic carbocycles. The number of aromatic nitrogens is 3. The highest BCUT2D eigenvalue weighted by atomic mass is 35.5. The van der Waals surface area contributed by atoms with Gasteiger partial charge in [0.25, 0.3) is 0 Å². The molecule has 6 rings (SSSR count). The van der Waals surface area contributed by atoms with Crippen LogP contribution in [0.1, 0.15) is 44.9 Å². The molecular formula is C26H33ClN6OS. The zero-order chi connectivity index (χ0) is 23.8. The van der Waals surface area contributed by atoms with Gasteiger partial charge < -0.3 is 14.7 Å². The van der Waals surface area contributed by atoms with Crippen molar-refractivity contribution in [1.29, 1.82) is 0 Å². The molecule has 1 aromatic carbocycles. The van der Waals surface area contributed by atoms with Crippen LogP contribution in [0.5, 0.6) is 0 Å². The molecule has 3 saturated heterocycles. The SMILES string of the molecule is O=C(C1CCN(c2nn3cc(-c4ccc(Cl)cc4)nc3s2)CC1)N1CCCCC1CN1CCCC1. The molecule has 2 aromatic heterocycles. The minimum atomic E-state index is 0.144. The van der Waals surface area contributed by atoms with Crippen molar-refractivity contribution in [2.75, 3.05) is 44.2 Å². The van der Waals surface area contributed by atoms with Gasteiger partial charge in [-0.3, -0.25) is 4.79 Å². The summed E-state index contributed by atoms with van der Waals surface area (Å²) in [6.07, 6.45) is 9.98. The molecule has 9 heteroatoms. The van der Waals surface area contributed by atoms with Crippen LogP contribution in [-0.2, 0) is 4.79 Å². The number of likely N-dealkylation sites (tertiary alicyclic amines) is 2. The van der Waals surface area contributed by atoms with E-state index >= 15 is 0 Å². The predicted octanol–water partition coefficient (Wildman–Crippen LogP) is 4.80. The summed E-state index contributed by atoms with van der Waals surface area (Å²) in [4.78, 5) is 26.3. The van der Waals surface area contributed by atoms with Crippen LogP contribution in [-0.4, -0.2) is 75.6 Å². The minimum Gasteiger partial charge on any atom is -0.347 e. The first-order chi connectivity index (χ1) is 17.1. The number of imidazole rings is 1. The Hall–Kier alpha value is -2.16. The molecule has 1 atom stereocenters. The quantitative estimate of drug-likeness (QED) is 0.491. The Morgan fingerprint density at radius 1 is 0.971 bits per heavy atom. The topological polar surface area (TPSA) is 57.0 Å². The summed E-state index contributed by atoms with van der Waals surface area (Å²) in [6, 6.07) is 8.14. The van der Waals surface area contributed by atoms with Crippen molar-refractivity contribution in [3.63, 3.8) is 0 Å². The Balaban J connectivity index is 1.08. The molecule has 3 aliphatic rings. The van der Waals surface area contributed by atoms with Crippen LogP contribution >= 0.6 is 22.9 Å². The number of halogens is 1. The van der Waals surface area contributed by atoms with Gasteiger partial charge in [-0.1, -0.05) is 35.1 Å². The van der Waals surface area contributed by atoms with E-state index in [1.165, 1.54) is 32.4 Å². The second-order valence-electron chi connectivity index (χ2n) is 10.2. The fraction of sp³-hybridized carbons (Fsp3) is 0.577. The second-order valence-corrected chi connectivity index (χ2v) is 11.6. The van der Waals surface area contributed by atoms with E-state index in [0.717, 1.165) is 78.2 Å². The molecule has 0 spiro atoms. The highest BCUT2D eigenvalue weighted by Crippen LogP contribution is 2.31. The summed E-state index contributed by atoms with van der Waals surface area (Å²) in [5, 5.41) is 6.51. The lowest BCUT2D eigenvalue weighted by Gasteiger charge is -2.41. The summed E-state index contributed by atoms with van der Waals surface area (Å²) in [5.74, 6) is 0.543. The lowest BCUT2D eigenvalue weighted by molar-refractivity contribution is -0.140. The van der Waals surface area contributed by atoms with Crippen LogP contribution in [0, 0.1) is 5.92 Å². The molecule has 3 fully saturated rings. The Labute approximate surface area is 215 Å². The van der Waals surface area contributed by atoms with Crippen LogP contribution in [0.25, 0.3) is 16.2 Å². The zero-order valence-electron chi connectivity index (χ0n) is 20.1. The molecule has 0 N–H and O–H groups in total. The van der Waals surface area contributed by atoms with Gasteiger partial charge in [0.15, 0.2) is 0 Å². The van der Waals surface area contributed by atoms with Gasteiger partial charge in [-0.05, 0) is 70.2 Å². The number of benzene rings is 1. The molecule has 35 heavy (non-hydrogen) atoms. The minimum absolute atomic E-state index is 0.144. The Morgan fingerprint density at radius 3 is 2.46 bits per heavy atom. The number of anilines is 1. The van der Waals surface area contributed by atoms with Crippen LogP contribution in [0.4, 0.5) is 5.13 Å². The lowest BCUT2D eigenvalue weighted by Crippen LogP contribution is -2.52. The maximum atomic E-state index is 13.5. The Morgan fingerprint density at radius 2 is 1.71 bits per heavy atom. The summed E-state index contributed by atoms with van der Waals surface area (Å²) in [6.45, 7) is 6.17. The van der Waals surface area contributed by atoms with Gasteiger partial charge in [-0.15, -0.1) is 5.10 Å². The van der Waals surface area contributed by atoms with E-state index in [9.17, 15) is 4.79 Å². The van der Waals surface area contributed by atoms with Crippen molar-refractivity contribution in [1.82, 2.24) is 24.4 Å². The van der Waals surface area contributed by atoms with Gasteiger partial charge >= 0.3 is 0 Å². The zero-order valence-corrected chi connectivity index (χ0v) is 21.7. The number of fused-ring (bicyclic) bond motifs is 1. The van der Waals surface area contributed by atoms with Crippen molar-refractivity contribution >= 4 is 38.9 Å². The molecule has 7 nitrogen and oxygen atoms in total. The van der Waals surface area contributed by atoms with Gasteiger partial charge in [-0.25, -0.2) is 9.50 Å². The molecule has 5 heterocycles. The van der Waals surface area contributed by atoms with Crippen molar-refractivity contribution in [2.45, 2.75) is 51.0 Å². The maximum Gasteiger partial charge on any atom is 0.226 e. The van der Waals surface area contributed by atoms with E-state index in [0.29, 0.717) is 11.9 Å². The third-order valence-electron chi connectivity index (χ3n) is 7.87. The fourth-order valence-electron chi connectivity index (χ4n) is 5.87. The smallest absolute Gasteiger partial charge is 0.226 e. The number of amides is 1. The molecule has 3 aliphatic heterocycles. The van der Waals surface area contributed by atoms with Crippen LogP contribution < -0.4 is 4.90 Å². The van der Waals surface area contributed by atoms with Gasteiger partial charge in [0.1, 0.15) is 0 Å². The normalized spacial score (nSPS) is 22.4. The predicted molar refractivity (Wildman–Crippen MR) is 141 cm³/mol. The maximum absolute atomic E-state index is 13.5. The fourth-order valence-corrected chi connectivity index (χ4v) is 6.93. The van der Waals surface area contributed by atoms with Gasteiger partial charge in [0, 0.05) is 48.7 Å². The van der Waals surface area contributed by atoms with Crippen molar-refractivity contribution < 1.29 is 4.79 Å². The first-order valence-electron chi connectivity index (χ1n) is 13.0. The van der Waals surface area contributed by atoms with Crippen LogP contribution in [0.2, 0.25) is 5.02 Å². The van der Waals surface area contributed by atoms with E-state index in [1.54, 1.807) is 11.3 Å². The van der Waals surface area contributed by atoms with Gasteiger partial charge in [0.05, 0.1) is 11.9 Å². The molecule has 0 radical (unpaired) electrons. The van der Waals surface area contributed by atoms with Crippen LogP contribution in [0.15, 0.2) is 30.5 Å². The van der Waals surface area contributed by atoms with E-state index in [4.69, 9.17) is 21.7 Å². The Bertz CT molecular complexity index is 1130. The number of hydrogen-bond donors (Lipinski definition) is 0. The second kappa shape index (κ2) is 10.1. The summed E-state index contributed by atoms with van der Waals surface area (Å²) < 4.78 is 1.87. The molecular weight excluding hydrogens is 480 g/mol. The molecule has 1 unspecified atom stereocenters. The first kappa shape index (κ1) is 23.3. The third-order valence-corrected chi connectivity index (χ3v) is 9.10. The van der Waals surface area contributed by atoms with Crippen molar-refractivity contribution in [3.05, 3.63) is 35.5 Å². The number of carbonyl (C=O) groups excluding carboxylic acids is 1. The van der Waals surface area contributed by atoms with Crippen LogP contribution in [0.3, 0.4) is 0 Å². The summed E-state index contributed by atoms with van der Waals surface area (Å²) >= 11 is 7.63. The number of nitrogens with zero attached hydrogens (tertiary/aromatic N) is 6. The molecule has 1 amide bonds. The van der Waals surface area contributed by atoms with Gasteiger partial charge in [-0.2, -0.15) is 0 Å². The van der Waals surface area contributed by atoms with E-state index in [-0.39, 0.29) is 5.92 Å². The standard InChI is InChI=1S/C26H33ClN6OS/c27-21-8-6-19(7-9-21)23-18-33-25(28-23)35-26(29-33)31-15-10-20(11-16-31)24(34)32-14-2-1-5-22(32)17-30-12-3-4-13-30/h6-9,18,20,22H,1-5,10-17H2. The average molecular weight is 513 g/mol. The number of hydrogen-bond acceptors (Lipinski definition) is 6. The Kier molecular flexibility index (Phi) is 6.69. The summed E-state index contributed by atoms with van der Waals surface area (Å²) in [5.41, 5.74) is 1.94. The highest BCUT2D eigenvalue weighted by Gasteiger charge is 2.35. The molecule has 3 aromatic rings. The lowest BCUT2D eigenvalue weighted by atomic mass is 9.92. The van der Waals surface area contributed by atoms with Gasteiger partial charge in [0.2, 0.25) is 16.0 Å². The largest absolute Gasteiger partial charge is 0.347 e. The molecule has 186 valence electrons. The van der Waals surface area contributed by atoms with Crippen molar-refractivity contribution in [3.8, 4) is 11.3 Å². The van der Waals surface area contributed by atoms with E-state index < -0.39 is 0 Å². The number of carbonyl (C=O) groups is 1. The first-order valence-corrected chi connectivity index (χ1v) is 14.2. The summed E-state index contributed by atoms with van der Waals surface area (Å²) in [7, 11) is 0.